The second kappa shape index (κ2) is 7.94. The molecule has 0 atom stereocenters. The van der Waals surface area contributed by atoms with Crippen LogP contribution in [0.3, 0.4) is 0 Å². The molecule has 0 unspecified atom stereocenters. The second-order valence-electron chi connectivity index (χ2n) is 4.18. The summed E-state index contributed by atoms with van der Waals surface area (Å²) in [6, 6.07) is 5.19. The van der Waals surface area contributed by atoms with E-state index in [1.165, 1.54) is 0 Å². The minimum atomic E-state index is -3.34. The van der Waals surface area contributed by atoms with Crippen LogP contribution in [0, 0.1) is 0 Å². The first-order chi connectivity index (χ1) is 8.90. The lowest BCUT2D eigenvalue weighted by Gasteiger charge is -2.09. The lowest BCUT2D eigenvalue weighted by molar-refractivity contribution is 0.305. The van der Waals surface area contributed by atoms with Crippen molar-refractivity contribution in [1.29, 1.82) is 0 Å². The molecule has 0 amide bonds. The molecule has 0 bridgehead atoms. The number of benzene rings is 1. The van der Waals surface area contributed by atoms with Crippen molar-refractivity contribution in [1.82, 2.24) is 0 Å². The maximum Gasteiger partial charge on any atom is 0.209 e. The molecule has 7 heteroatoms. The van der Waals surface area contributed by atoms with E-state index in [9.17, 15) is 8.42 Å². The van der Waals surface area contributed by atoms with Crippen LogP contribution in [-0.2, 0) is 10.0 Å². The summed E-state index contributed by atoms with van der Waals surface area (Å²) < 4.78 is 26.9. The molecule has 0 fully saturated rings. The average molecular weight is 326 g/mol. The van der Waals surface area contributed by atoms with Crippen molar-refractivity contribution in [2.75, 3.05) is 12.4 Å². The van der Waals surface area contributed by atoms with Crippen LogP contribution in [0.1, 0.15) is 25.7 Å². The molecule has 0 radical (unpaired) electrons. The number of ether oxygens (including phenoxy) is 1. The summed E-state index contributed by atoms with van der Waals surface area (Å²) in [5, 5.41) is 5.88. The third-order valence-electron chi connectivity index (χ3n) is 2.49. The molecule has 4 nitrogen and oxygen atoms in total. The van der Waals surface area contributed by atoms with Crippen LogP contribution < -0.4 is 9.88 Å². The zero-order valence-electron chi connectivity index (χ0n) is 10.4. The van der Waals surface area contributed by atoms with Gasteiger partial charge in [0.15, 0.2) is 5.75 Å². The number of nitrogens with two attached hydrogens (primary N) is 1. The maximum atomic E-state index is 10.7. The molecule has 0 saturated carbocycles. The summed E-state index contributed by atoms with van der Waals surface area (Å²) in [7, 11) is -3.34. The molecular weight excluding hydrogens is 309 g/mol. The summed E-state index contributed by atoms with van der Waals surface area (Å²) in [5.74, 6) is 0.528. The predicted molar refractivity (Wildman–Crippen MR) is 78.4 cm³/mol. The number of hydrogen-bond donors (Lipinski definition) is 1. The Bertz CT molecular complexity index is 485. The van der Waals surface area contributed by atoms with Crippen molar-refractivity contribution in [3.05, 3.63) is 28.2 Å². The molecule has 0 aliphatic heterocycles. The molecule has 0 heterocycles. The molecular formula is C12H17Cl2NO3S. The van der Waals surface area contributed by atoms with Crippen LogP contribution in [0.25, 0.3) is 0 Å². The number of unbranched alkanes of at least 4 members (excludes halogenated alkanes) is 3. The van der Waals surface area contributed by atoms with E-state index in [1.807, 2.05) is 0 Å². The van der Waals surface area contributed by atoms with Gasteiger partial charge in [-0.3, -0.25) is 0 Å². The number of para-hydroxylation sites is 1. The fraction of sp³-hybridized carbons (Fsp3) is 0.500. The largest absolute Gasteiger partial charge is 0.490 e. The van der Waals surface area contributed by atoms with Gasteiger partial charge in [-0.05, 0) is 25.0 Å². The summed E-state index contributed by atoms with van der Waals surface area (Å²) in [6.07, 6.45) is 3.06. The highest BCUT2D eigenvalue weighted by Gasteiger charge is 2.06. The molecule has 0 saturated heterocycles. The van der Waals surface area contributed by atoms with Crippen molar-refractivity contribution in [3.63, 3.8) is 0 Å². The molecule has 2 N–H and O–H groups in total. The molecule has 19 heavy (non-hydrogen) atoms. The fourth-order valence-corrected chi connectivity index (χ4v) is 2.67. The van der Waals surface area contributed by atoms with Crippen molar-refractivity contribution < 1.29 is 13.2 Å². The monoisotopic (exact) mass is 325 g/mol. The third kappa shape index (κ3) is 7.01. The van der Waals surface area contributed by atoms with Gasteiger partial charge in [0.05, 0.1) is 22.4 Å². The molecule has 0 aromatic heterocycles. The van der Waals surface area contributed by atoms with Crippen LogP contribution in [0.15, 0.2) is 18.2 Å². The van der Waals surface area contributed by atoms with Gasteiger partial charge in [-0.25, -0.2) is 13.6 Å². The lowest BCUT2D eigenvalue weighted by Crippen LogP contribution is -2.16. The van der Waals surface area contributed by atoms with Crippen molar-refractivity contribution in [2.24, 2.45) is 5.14 Å². The lowest BCUT2D eigenvalue weighted by atomic mass is 10.2. The Morgan fingerprint density at radius 2 is 1.63 bits per heavy atom. The first-order valence-corrected chi connectivity index (χ1v) is 8.44. The van der Waals surface area contributed by atoms with Gasteiger partial charge in [0.2, 0.25) is 10.0 Å². The Labute approximate surface area is 123 Å². The van der Waals surface area contributed by atoms with E-state index in [0.29, 0.717) is 28.8 Å². The van der Waals surface area contributed by atoms with Crippen molar-refractivity contribution in [3.8, 4) is 5.75 Å². The van der Waals surface area contributed by atoms with E-state index in [-0.39, 0.29) is 5.75 Å². The van der Waals surface area contributed by atoms with Crippen LogP contribution in [0.2, 0.25) is 10.0 Å². The number of hydrogen-bond acceptors (Lipinski definition) is 3. The second-order valence-corrected chi connectivity index (χ2v) is 6.73. The van der Waals surface area contributed by atoms with Gasteiger partial charge >= 0.3 is 0 Å². The topological polar surface area (TPSA) is 69.4 Å². The van der Waals surface area contributed by atoms with Gasteiger partial charge in [-0.2, -0.15) is 0 Å². The zero-order valence-corrected chi connectivity index (χ0v) is 12.8. The summed E-state index contributed by atoms with van der Waals surface area (Å²) >= 11 is 11.9. The highest BCUT2D eigenvalue weighted by Crippen LogP contribution is 2.32. The van der Waals surface area contributed by atoms with Gasteiger partial charge in [0, 0.05) is 0 Å². The van der Waals surface area contributed by atoms with Crippen LogP contribution in [0.4, 0.5) is 0 Å². The normalized spacial score (nSPS) is 11.5. The smallest absolute Gasteiger partial charge is 0.209 e. The number of sulfonamides is 1. The standard InChI is InChI=1S/C12H17Cl2NO3S/c13-10-6-5-7-11(14)12(10)18-8-3-1-2-4-9-19(15,16)17/h5-7H,1-4,8-9H2,(H2,15,16,17). The van der Waals surface area contributed by atoms with Crippen LogP contribution in [-0.4, -0.2) is 20.8 Å². The van der Waals surface area contributed by atoms with Crippen LogP contribution in [0.5, 0.6) is 5.75 Å². The predicted octanol–water partition coefficient (Wildman–Crippen LogP) is 3.22. The third-order valence-corrected chi connectivity index (χ3v) is 3.94. The Balaban J connectivity index is 2.18. The van der Waals surface area contributed by atoms with Gasteiger partial charge in [-0.15, -0.1) is 0 Å². The van der Waals surface area contributed by atoms with E-state index < -0.39 is 10.0 Å². The van der Waals surface area contributed by atoms with E-state index in [2.05, 4.69) is 0 Å². The molecule has 0 aliphatic carbocycles. The molecule has 1 rings (SSSR count). The number of primary sulfonamides is 1. The van der Waals surface area contributed by atoms with Crippen molar-refractivity contribution in [2.45, 2.75) is 25.7 Å². The van der Waals surface area contributed by atoms with Gasteiger partial charge in [0.25, 0.3) is 0 Å². The minimum Gasteiger partial charge on any atom is -0.490 e. The zero-order chi connectivity index (χ0) is 14.3. The molecule has 0 spiro atoms. The van der Waals surface area contributed by atoms with E-state index in [0.717, 1.165) is 19.3 Å². The Morgan fingerprint density at radius 3 is 2.21 bits per heavy atom. The summed E-state index contributed by atoms with van der Waals surface area (Å²) in [6.45, 7) is 0.499. The quantitative estimate of drug-likeness (QED) is 0.746. The first-order valence-electron chi connectivity index (χ1n) is 5.97. The molecule has 1 aromatic carbocycles. The number of rotatable bonds is 8. The SMILES string of the molecule is NS(=O)(=O)CCCCCCOc1c(Cl)cccc1Cl. The van der Waals surface area contributed by atoms with Crippen LogP contribution >= 0.6 is 23.2 Å². The maximum absolute atomic E-state index is 10.7. The Kier molecular flexibility index (Phi) is 6.93. The average Bonchev–Trinajstić information content (AvgIpc) is 2.29. The molecule has 108 valence electrons. The van der Waals surface area contributed by atoms with Gasteiger partial charge < -0.3 is 4.74 Å². The fourth-order valence-electron chi connectivity index (χ4n) is 1.55. The highest BCUT2D eigenvalue weighted by atomic mass is 35.5. The Hall–Kier alpha value is -0.490. The molecule has 0 aliphatic rings. The minimum absolute atomic E-state index is 0.0319. The van der Waals surface area contributed by atoms with E-state index >= 15 is 0 Å². The highest BCUT2D eigenvalue weighted by molar-refractivity contribution is 7.89. The number of halogens is 2. The van der Waals surface area contributed by atoms with E-state index in [4.69, 9.17) is 33.1 Å². The van der Waals surface area contributed by atoms with Gasteiger partial charge in [0.1, 0.15) is 0 Å². The summed E-state index contributed by atoms with van der Waals surface area (Å²) in [4.78, 5) is 0. The van der Waals surface area contributed by atoms with Gasteiger partial charge in [-0.1, -0.05) is 42.1 Å². The summed E-state index contributed by atoms with van der Waals surface area (Å²) in [5.41, 5.74) is 0. The Morgan fingerprint density at radius 1 is 1.05 bits per heavy atom. The van der Waals surface area contributed by atoms with E-state index in [1.54, 1.807) is 18.2 Å². The molecule has 1 aromatic rings. The first kappa shape index (κ1) is 16.6. The van der Waals surface area contributed by atoms with Crippen molar-refractivity contribution >= 4 is 33.2 Å².